The second kappa shape index (κ2) is 5.68. The first kappa shape index (κ1) is 15.5. The van der Waals surface area contributed by atoms with Crippen LogP contribution in [0.5, 0.6) is 5.75 Å². The van der Waals surface area contributed by atoms with Crippen LogP contribution in [0.1, 0.15) is 6.42 Å². The molecule has 23 heavy (non-hydrogen) atoms. The number of aryl methyl sites for hydroxylation is 1. The van der Waals surface area contributed by atoms with Crippen LogP contribution in [-0.4, -0.2) is 13.3 Å². The number of methoxy groups -OCH3 is 1. The van der Waals surface area contributed by atoms with Crippen LogP contribution in [0.15, 0.2) is 42.6 Å². The van der Waals surface area contributed by atoms with Crippen molar-refractivity contribution in [2.24, 2.45) is 0 Å². The Hall–Kier alpha value is -2.37. The predicted octanol–water partition coefficient (Wildman–Crippen LogP) is 4.38. The van der Waals surface area contributed by atoms with E-state index < -0.39 is 18.4 Å². The van der Waals surface area contributed by atoms with Crippen molar-refractivity contribution >= 4 is 21.7 Å². The zero-order valence-electron chi connectivity index (χ0n) is 12.3. The summed E-state index contributed by atoms with van der Waals surface area (Å²) in [7, 11) is 1.51. The number of ether oxygens (including phenoxy) is 1. The molecule has 0 N–H and O–H groups in total. The summed E-state index contributed by atoms with van der Waals surface area (Å²) in [6.07, 6.45) is -3.55. The van der Waals surface area contributed by atoms with Gasteiger partial charge in [-0.25, -0.2) is 4.39 Å². The maximum Gasteiger partial charge on any atom is 0.395 e. The quantitative estimate of drug-likeness (QED) is 0.396. The Labute approximate surface area is 129 Å². The largest absolute Gasteiger partial charge is 0.497 e. The van der Waals surface area contributed by atoms with Crippen molar-refractivity contribution in [3.05, 3.63) is 48.4 Å². The maximum absolute atomic E-state index is 13.6. The van der Waals surface area contributed by atoms with Crippen LogP contribution < -0.4 is 9.30 Å². The Morgan fingerprint density at radius 3 is 2.52 bits per heavy atom. The number of halogens is 4. The third kappa shape index (κ3) is 3.21. The highest BCUT2D eigenvalue weighted by molar-refractivity contribution is 6.04. The lowest BCUT2D eigenvalue weighted by molar-refractivity contribution is -0.673. The van der Waals surface area contributed by atoms with Gasteiger partial charge in [0.1, 0.15) is 18.0 Å². The molecule has 0 bridgehead atoms. The number of aromatic nitrogens is 1. The van der Waals surface area contributed by atoms with Crippen LogP contribution in [0.3, 0.4) is 0 Å². The number of hydrogen-bond acceptors (Lipinski definition) is 1. The standard InChI is InChI=1S/C17H14F4NO/c1-23-13-3-4-14-11(8-13)10-22(7-6-17(19,20)21)16-5-2-12(18)9-15(14)16/h2-5,8-10H,6-7H2,1H3/q+1. The van der Waals surface area contributed by atoms with Crippen LogP contribution >= 0.6 is 0 Å². The summed E-state index contributed by atoms with van der Waals surface area (Å²) >= 11 is 0. The minimum absolute atomic E-state index is 0.223. The van der Waals surface area contributed by atoms with Gasteiger partial charge in [-0.3, -0.25) is 0 Å². The Kier molecular flexibility index (Phi) is 3.83. The van der Waals surface area contributed by atoms with E-state index in [2.05, 4.69) is 0 Å². The van der Waals surface area contributed by atoms with Gasteiger partial charge in [0.05, 0.1) is 17.9 Å². The average molecular weight is 324 g/mol. The van der Waals surface area contributed by atoms with Gasteiger partial charge >= 0.3 is 6.18 Å². The third-order valence-electron chi connectivity index (χ3n) is 3.75. The molecule has 0 aliphatic rings. The van der Waals surface area contributed by atoms with E-state index in [4.69, 9.17) is 4.74 Å². The Morgan fingerprint density at radius 1 is 1.04 bits per heavy atom. The molecule has 0 fully saturated rings. The van der Waals surface area contributed by atoms with Crippen molar-refractivity contribution < 1.29 is 26.9 Å². The fourth-order valence-corrected chi connectivity index (χ4v) is 2.66. The van der Waals surface area contributed by atoms with Gasteiger partial charge in [-0.1, -0.05) is 0 Å². The number of benzene rings is 2. The van der Waals surface area contributed by atoms with Crippen molar-refractivity contribution in [3.63, 3.8) is 0 Å². The molecule has 2 aromatic carbocycles. The summed E-state index contributed by atoms with van der Waals surface area (Å²) in [6.45, 7) is -0.223. The summed E-state index contributed by atoms with van der Waals surface area (Å²) in [5.74, 6) is 0.166. The van der Waals surface area contributed by atoms with Crippen molar-refractivity contribution in [2.45, 2.75) is 19.1 Å². The van der Waals surface area contributed by atoms with Crippen LogP contribution in [0.4, 0.5) is 17.6 Å². The van der Waals surface area contributed by atoms with Gasteiger partial charge in [0.25, 0.3) is 0 Å². The number of alkyl halides is 3. The lowest BCUT2D eigenvalue weighted by atomic mass is 10.1. The highest BCUT2D eigenvalue weighted by Crippen LogP contribution is 2.27. The molecule has 6 heteroatoms. The first-order valence-electron chi connectivity index (χ1n) is 7.03. The van der Waals surface area contributed by atoms with E-state index in [1.54, 1.807) is 24.4 Å². The van der Waals surface area contributed by atoms with Gasteiger partial charge in [0.2, 0.25) is 5.52 Å². The summed E-state index contributed by atoms with van der Waals surface area (Å²) < 4.78 is 57.9. The average Bonchev–Trinajstić information content (AvgIpc) is 2.51. The molecular formula is C17H14F4NO+. The van der Waals surface area contributed by atoms with Gasteiger partial charge in [0.15, 0.2) is 12.7 Å². The van der Waals surface area contributed by atoms with Gasteiger partial charge in [0, 0.05) is 11.5 Å². The molecule has 120 valence electrons. The lowest BCUT2D eigenvalue weighted by Gasteiger charge is -2.08. The highest BCUT2D eigenvalue weighted by atomic mass is 19.4. The zero-order valence-corrected chi connectivity index (χ0v) is 12.3. The first-order valence-corrected chi connectivity index (χ1v) is 7.03. The van der Waals surface area contributed by atoms with E-state index in [0.29, 0.717) is 22.0 Å². The van der Waals surface area contributed by atoms with Crippen molar-refractivity contribution in [1.82, 2.24) is 0 Å². The maximum atomic E-state index is 13.6. The number of hydrogen-bond donors (Lipinski definition) is 0. The zero-order chi connectivity index (χ0) is 16.6. The van der Waals surface area contributed by atoms with E-state index in [9.17, 15) is 17.6 Å². The molecule has 0 atom stereocenters. The fourth-order valence-electron chi connectivity index (χ4n) is 2.66. The van der Waals surface area contributed by atoms with Crippen molar-refractivity contribution in [3.8, 4) is 5.75 Å². The molecule has 0 saturated carbocycles. The van der Waals surface area contributed by atoms with Crippen molar-refractivity contribution in [2.75, 3.05) is 7.11 Å². The normalized spacial score (nSPS) is 12.0. The van der Waals surface area contributed by atoms with Gasteiger partial charge in [-0.15, -0.1) is 0 Å². The molecule has 0 saturated heterocycles. The monoisotopic (exact) mass is 324 g/mol. The van der Waals surface area contributed by atoms with E-state index in [-0.39, 0.29) is 6.54 Å². The molecule has 0 unspecified atom stereocenters. The molecule has 2 nitrogen and oxygen atoms in total. The van der Waals surface area contributed by atoms with Crippen LogP contribution in [-0.2, 0) is 6.54 Å². The van der Waals surface area contributed by atoms with E-state index in [1.807, 2.05) is 0 Å². The van der Waals surface area contributed by atoms with Gasteiger partial charge in [-0.05, 0) is 30.3 Å². The fraction of sp³-hybridized carbons (Fsp3) is 0.235. The number of fused-ring (bicyclic) bond motifs is 3. The number of pyridine rings is 1. The lowest BCUT2D eigenvalue weighted by Crippen LogP contribution is -2.36. The Balaban J connectivity index is 2.23. The number of nitrogens with zero attached hydrogens (tertiary/aromatic N) is 1. The predicted molar refractivity (Wildman–Crippen MR) is 78.8 cm³/mol. The Bertz CT molecular complexity index is 874. The van der Waals surface area contributed by atoms with E-state index in [0.717, 1.165) is 5.39 Å². The van der Waals surface area contributed by atoms with Crippen molar-refractivity contribution in [1.29, 1.82) is 0 Å². The highest BCUT2D eigenvalue weighted by Gasteiger charge is 2.29. The first-order chi connectivity index (χ1) is 10.9. The summed E-state index contributed by atoms with van der Waals surface area (Å²) in [5, 5.41) is 2.04. The SMILES string of the molecule is COc1ccc2c(c1)c[n+](CCC(F)(F)F)c1ccc(F)cc21. The van der Waals surface area contributed by atoms with E-state index >= 15 is 0 Å². The topological polar surface area (TPSA) is 13.1 Å². The minimum Gasteiger partial charge on any atom is -0.497 e. The molecule has 0 radical (unpaired) electrons. The molecule has 3 aromatic rings. The molecule has 3 rings (SSSR count). The van der Waals surface area contributed by atoms with Gasteiger partial charge in [-0.2, -0.15) is 17.7 Å². The molecule has 0 aliphatic carbocycles. The number of rotatable bonds is 3. The van der Waals surface area contributed by atoms with Gasteiger partial charge < -0.3 is 4.74 Å². The Morgan fingerprint density at radius 2 is 1.83 bits per heavy atom. The molecule has 0 spiro atoms. The summed E-state index contributed by atoms with van der Waals surface area (Å²) in [5.41, 5.74) is 0.563. The molecule has 0 amide bonds. The van der Waals surface area contributed by atoms with Crippen LogP contribution in [0.25, 0.3) is 21.7 Å². The second-order valence-corrected chi connectivity index (χ2v) is 5.30. The smallest absolute Gasteiger partial charge is 0.395 e. The van der Waals surface area contributed by atoms with Crippen LogP contribution in [0, 0.1) is 5.82 Å². The summed E-state index contributed by atoms with van der Waals surface area (Å²) in [6, 6.07) is 9.35. The molecule has 0 aliphatic heterocycles. The second-order valence-electron chi connectivity index (χ2n) is 5.30. The minimum atomic E-state index is -4.25. The third-order valence-corrected chi connectivity index (χ3v) is 3.75. The van der Waals surface area contributed by atoms with E-state index in [1.165, 1.54) is 29.9 Å². The van der Waals surface area contributed by atoms with Crippen LogP contribution in [0.2, 0.25) is 0 Å². The summed E-state index contributed by atoms with van der Waals surface area (Å²) in [4.78, 5) is 0. The molecule has 1 aromatic heterocycles. The molecular weight excluding hydrogens is 310 g/mol. The molecule has 1 heterocycles.